The summed E-state index contributed by atoms with van der Waals surface area (Å²) in [5, 5.41) is 21.8. The van der Waals surface area contributed by atoms with Crippen LogP contribution in [0.4, 0.5) is 5.82 Å². The van der Waals surface area contributed by atoms with E-state index >= 15 is 0 Å². The molecule has 0 radical (unpaired) electrons. The van der Waals surface area contributed by atoms with Crippen LogP contribution in [0.15, 0.2) is 24.3 Å². The number of carbonyl (C=O) groups is 1. The lowest BCUT2D eigenvalue weighted by Gasteiger charge is -2.18. The topological polar surface area (TPSA) is 95.3 Å². The lowest BCUT2D eigenvalue weighted by Crippen LogP contribution is -2.39. The Morgan fingerprint density at radius 3 is 2.68 bits per heavy atom. The fraction of sp³-hybridized carbons (Fsp3) is 0.250. The minimum absolute atomic E-state index is 0.0101. The van der Waals surface area contributed by atoms with Gasteiger partial charge in [-0.2, -0.15) is 0 Å². The second-order valence-corrected chi connectivity index (χ2v) is 4.40. The summed E-state index contributed by atoms with van der Waals surface area (Å²) in [6.45, 7) is 1.39. The minimum Gasteiger partial charge on any atom is -0.480 e. The molecule has 0 saturated heterocycles. The van der Waals surface area contributed by atoms with Crippen molar-refractivity contribution in [2.24, 2.45) is 0 Å². The predicted octanol–water partition coefficient (Wildman–Crippen LogP) is 1.53. The van der Waals surface area contributed by atoms with Gasteiger partial charge in [0.15, 0.2) is 6.04 Å². The van der Waals surface area contributed by atoms with Crippen molar-refractivity contribution in [3.05, 3.63) is 29.5 Å². The lowest BCUT2D eigenvalue weighted by atomic mass is 10.1. The Labute approximate surface area is 114 Å². The van der Waals surface area contributed by atoms with Crippen LogP contribution in [-0.2, 0) is 4.79 Å². The third-order valence-electron chi connectivity index (χ3n) is 2.62. The molecule has 2 unspecified atom stereocenters. The van der Waals surface area contributed by atoms with Crippen molar-refractivity contribution in [3.63, 3.8) is 0 Å². The van der Waals surface area contributed by atoms with Crippen LogP contribution < -0.4 is 5.32 Å². The monoisotopic (exact) mass is 281 g/mol. The maximum Gasteiger partial charge on any atom is 0.328 e. The number of carboxylic acids is 1. The molecule has 0 amide bonds. The first kappa shape index (κ1) is 13.5. The highest BCUT2D eigenvalue weighted by Crippen LogP contribution is 2.22. The Morgan fingerprint density at radius 1 is 1.37 bits per heavy atom. The molecule has 0 saturated carbocycles. The molecule has 0 aliphatic carbocycles. The molecule has 6 nitrogen and oxygen atoms in total. The van der Waals surface area contributed by atoms with Crippen LogP contribution in [0, 0.1) is 0 Å². The van der Waals surface area contributed by atoms with Crippen molar-refractivity contribution >= 4 is 34.3 Å². The van der Waals surface area contributed by atoms with Gasteiger partial charge in [0, 0.05) is 5.39 Å². The molecular weight excluding hydrogens is 270 g/mol. The first-order valence-electron chi connectivity index (χ1n) is 5.58. The van der Waals surface area contributed by atoms with E-state index in [2.05, 4.69) is 15.3 Å². The van der Waals surface area contributed by atoms with Gasteiger partial charge in [-0.15, -0.1) is 0 Å². The number of nitrogens with one attached hydrogen (secondary N) is 1. The number of aliphatic hydroxyl groups is 1. The fourth-order valence-corrected chi connectivity index (χ4v) is 1.87. The number of rotatable bonds is 4. The van der Waals surface area contributed by atoms with Crippen molar-refractivity contribution in [2.45, 2.75) is 19.1 Å². The van der Waals surface area contributed by atoms with Gasteiger partial charge < -0.3 is 15.5 Å². The normalized spacial score (nSPS) is 14.1. The Kier molecular flexibility index (Phi) is 3.82. The largest absolute Gasteiger partial charge is 0.480 e. The number of anilines is 1. The molecule has 2 atom stereocenters. The fourth-order valence-electron chi connectivity index (χ4n) is 1.69. The molecule has 2 aromatic rings. The van der Waals surface area contributed by atoms with E-state index in [4.69, 9.17) is 16.7 Å². The van der Waals surface area contributed by atoms with Gasteiger partial charge in [0.2, 0.25) is 5.28 Å². The van der Waals surface area contributed by atoms with E-state index in [1.165, 1.54) is 6.92 Å². The molecule has 19 heavy (non-hydrogen) atoms. The van der Waals surface area contributed by atoms with E-state index in [1.54, 1.807) is 24.3 Å². The highest BCUT2D eigenvalue weighted by Gasteiger charge is 2.24. The third kappa shape index (κ3) is 2.91. The van der Waals surface area contributed by atoms with Crippen LogP contribution in [0.3, 0.4) is 0 Å². The van der Waals surface area contributed by atoms with Crippen LogP contribution in [0.2, 0.25) is 5.28 Å². The lowest BCUT2D eigenvalue weighted by molar-refractivity contribution is -0.140. The van der Waals surface area contributed by atoms with E-state index in [-0.39, 0.29) is 11.1 Å². The SMILES string of the molecule is CC(O)C(Nc1nc(Cl)nc2ccccc12)C(=O)O. The summed E-state index contributed by atoms with van der Waals surface area (Å²) in [4.78, 5) is 19.1. The van der Waals surface area contributed by atoms with E-state index in [1.807, 2.05) is 0 Å². The van der Waals surface area contributed by atoms with Crippen molar-refractivity contribution in [1.29, 1.82) is 0 Å². The standard InChI is InChI=1S/C12H12ClN3O3/c1-6(17)9(11(18)19)15-10-7-4-2-3-5-8(7)14-12(13)16-10/h2-6,9,17H,1H3,(H,18,19)(H,14,15,16). The molecule has 2 rings (SSSR count). The average molecular weight is 282 g/mol. The molecule has 1 heterocycles. The molecule has 100 valence electrons. The smallest absolute Gasteiger partial charge is 0.328 e. The summed E-state index contributed by atoms with van der Waals surface area (Å²) >= 11 is 5.79. The number of nitrogens with zero attached hydrogens (tertiary/aromatic N) is 2. The maximum absolute atomic E-state index is 11.1. The van der Waals surface area contributed by atoms with Crippen molar-refractivity contribution in [1.82, 2.24) is 9.97 Å². The van der Waals surface area contributed by atoms with E-state index in [9.17, 15) is 9.90 Å². The van der Waals surface area contributed by atoms with Crippen LogP contribution in [0.5, 0.6) is 0 Å². The third-order valence-corrected chi connectivity index (χ3v) is 2.79. The van der Waals surface area contributed by atoms with E-state index in [0.29, 0.717) is 10.9 Å². The number of hydrogen-bond donors (Lipinski definition) is 3. The molecule has 0 fully saturated rings. The Balaban J connectivity index is 2.47. The number of halogens is 1. The first-order chi connectivity index (χ1) is 8.99. The van der Waals surface area contributed by atoms with Gasteiger partial charge in [0.05, 0.1) is 11.6 Å². The van der Waals surface area contributed by atoms with Crippen LogP contribution >= 0.6 is 11.6 Å². The minimum atomic E-state index is -1.17. The predicted molar refractivity (Wildman–Crippen MR) is 71.3 cm³/mol. The molecule has 1 aromatic heterocycles. The molecule has 7 heteroatoms. The Hall–Kier alpha value is -1.92. The van der Waals surface area contributed by atoms with Crippen LogP contribution in [0.25, 0.3) is 10.9 Å². The average Bonchev–Trinajstić information content (AvgIpc) is 2.34. The zero-order valence-corrected chi connectivity index (χ0v) is 10.8. The molecule has 0 spiro atoms. The van der Waals surface area contributed by atoms with Crippen molar-refractivity contribution < 1.29 is 15.0 Å². The number of fused-ring (bicyclic) bond motifs is 1. The van der Waals surface area contributed by atoms with Gasteiger partial charge in [-0.3, -0.25) is 0 Å². The van der Waals surface area contributed by atoms with Gasteiger partial charge in [0.25, 0.3) is 0 Å². The summed E-state index contributed by atoms with van der Waals surface area (Å²) in [6, 6.07) is 5.89. The summed E-state index contributed by atoms with van der Waals surface area (Å²) in [5.41, 5.74) is 0.597. The molecule has 3 N–H and O–H groups in total. The quantitative estimate of drug-likeness (QED) is 0.736. The Bertz CT molecular complexity index is 618. The number of aliphatic hydroxyl groups excluding tert-OH is 1. The highest BCUT2D eigenvalue weighted by molar-refractivity contribution is 6.28. The molecule has 0 aliphatic rings. The number of para-hydroxylation sites is 1. The van der Waals surface area contributed by atoms with Crippen molar-refractivity contribution in [2.75, 3.05) is 5.32 Å². The highest BCUT2D eigenvalue weighted by atomic mass is 35.5. The number of carboxylic acid groups (broad SMARTS) is 1. The van der Waals surface area contributed by atoms with Crippen LogP contribution in [0.1, 0.15) is 6.92 Å². The summed E-state index contributed by atoms with van der Waals surface area (Å²) in [5.74, 6) is -0.891. The molecule has 0 bridgehead atoms. The summed E-state index contributed by atoms with van der Waals surface area (Å²) in [6.07, 6.45) is -1.08. The van der Waals surface area contributed by atoms with E-state index in [0.717, 1.165) is 0 Å². The second-order valence-electron chi connectivity index (χ2n) is 4.06. The second kappa shape index (κ2) is 5.38. The van der Waals surface area contributed by atoms with Gasteiger partial charge in [-0.25, -0.2) is 14.8 Å². The van der Waals surface area contributed by atoms with Gasteiger partial charge in [0.1, 0.15) is 5.82 Å². The number of aliphatic carboxylic acids is 1. The zero-order chi connectivity index (χ0) is 14.0. The van der Waals surface area contributed by atoms with Crippen molar-refractivity contribution in [3.8, 4) is 0 Å². The number of hydrogen-bond acceptors (Lipinski definition) is 5. The zero-order valence-electron chi connectivity index (χ0n) is 10.0. The van der Waals surface area contributed by atoms with Gasteiger partial charge in [-0.05, 0) is 30.7 Å². The molecular formula is C12H12ClN3O3. The van der Waals surface area contributed by atoms with Gasteiger partial charge in [-0.1, -0.05) is 12.1 Å². The molecule has 1 aromatic carbocycles. The summed E-state index contributed by atoms with van der Waals surface area (Å²) < 4.78 is 0. The van der Waals surface area contributed by atoms with Gasteiger partial charge >= 0.3 is 5.97 Å². The first-order valence-corrected chi connectivity index (χ1v) is 5.96. The number of benzene rings is 1. The van der Waals surface area contributed by atoms with Crippen LogP contribution in [-0.4, -0.2) is 38.3 Å². The Morgan fingerprint density at radius 2 is 2.05 bits per heavy atom. The molecule has 0 aliphatic heterocycles. The van der Waals surface area contributed by atoms with E-state index < -0.39 is 18.1 Å². The maximum atomic E-state index is 11.1. The number of aromatic nitrogens is 2. The summed E-state index contributed by atoms with van der Waals surface area (Å²) in [7, 11) is 0.